The van der Waals surface area contributed by atoms with Crippen molar-refractivity contribution in [2.75, 3.05) is 0 Å². The third kappa shape index (κ3) is 3.63. The number of hydrogen-bond donors (Lipinski definition) is 2. The predicted molar refractivity (Wildman–Crippen MR) is 130 cm³/mol. The highest BCUT2D eigenvalue weighted by atomic mass is 32.2. The van der Waals surface area contributed by atoms with Crippen molar-refractivity contribution in [1.82, 2.24) is 20.6 Å². The average molecular weight is 467 g/mol. The maximum absolute atomic E-state index is 11.9. The first kappa shape index (κ1) is 19.3. The van der Waals surface area contributed by atoms with Crippen LogP contribution in [-0.4, -0.2) is 30.4 Å². The molecule has 0 radical (unpaired) electrons. The van der Waals surface area contributed by atoms with Gasteiger partial charge >= 0.3 is 0 Å². The van der Waals surface area contributed by atoms with Crippen molar-refractivity contribution in [3.05, 3.63) is 57.6 Å². The molecule has 10 heteroatoms. The molecule has 30 heavy (non-hydrogen) atoms. The summed E-state index contributed by atoms with van der Waals surface area (Å²) in [5.74, 6) is -0.441. The quantitative estimate of drug-likeness (QED) is 0.336. The van der Waals surface area contributed by atoms with Gasteiger partial charge in [0.25, 0.3) is 11.8 Å². The van der Waals surface area contributed by atoms with E-state index in [9.17, 15) is 9.59 Å². The molecule has 0 unspecified atom stereocenters. The fourth-order valence-electron chi connectivity index (χ4n) is 3.07. The van der Waals surface area contributed by atoms with Gasteiger partial charge < -0.3 is 10.6 Å². The van der Waals surface area contributed by atoms with E-state index in [1.165, 1.54) is 23.5 Å². The van der Waals surface area contributed by atoms with E-state index < -0.39 is 0 Å². The molecule has 2 saturated heterocycles. The number of rotatable bonds is 2. The fraction of sp³-hybridized carbons (Fsp3) is 0. The summed E-state index contributed by atoms with van der Waals surface area (Å²) in [6.07, 6.45) is 3.42. The topological polar surface area (TPSA) is 84.0 Å². The number of aromatic nitrogens is 2. The van der Waals surface area contributed by atoms with Crippen LogP contribution in [0, 0.1) is 0 Å². The summed E-state index contributed by atoms with van der Waals surface area (Å²) in [5.41, 5.74) is 2.71. The van der Waals surface area contributed by atoms with Gasteiger partial charge in [-0.2, -0.15) is 0 Å². The summed E-state index contributed by atoms with van der Waals surface area (Å²) in [5, 5.41) is 7.05. The van der Waals surface area contributed by atoms with Gasteiger partial charge in [0, 0.05) is 10.8 Å². The number of nitrogens with zero attached hydrogens (tertiary/aromatic N) is 2. The SMILES string of the molecule is O=C1NC(=S)SC1=Cc1ccc2ccc3ccc(C=C4SC(=S)NC4=O)nc3c2n1. The van der Waals surface area contributed by atoms with Gasteiger partial charge in [-0.05, 0) is 24.3 Å². The maximum atomic E-state index is 11.9. The van der Waals surface area contributed by atoms with Crippen LogP contribution >= 0.6 is 48.0 Å². The normalized spacial score (nSPS) is 19.3. The van der Waals surface area contributed by atoms with Crippen LogP contribution in [-0.2, 0) is 9.59 Å². The zero-order valence-corrected chi connectivity index (χ0v) is 18.2. The highest BCUT2D eigenvalue weighted by Gasteiger charge is 2.23. The predicted octanol–water partition coefficient (Wildman–Crippen LogP) is 3.76. The standard InChI is InChI=1S/C20H10N4O2S4/c25-17-13(29-19(27)23-17)7-11-5-3-9-1-2-10-4-6-12(22-16(10)15(9)21-11)8-14-18(26)24-20(28)30-14/h1-8H,(H,23,25,27)(H,24,26,28). The summed E-state index contributed by atoms with van der Waals surface area (Å²) in [4.78, 5) is 34.4. The molecule has 4 heterocycles. The van der Waals surface area contributed by atoms with Crippen molar-refractivity contribution in [3.63, 3.8) is 0 Å². The molecule has 2 amide bonds. The molecular formula is C20H10N4O2S4. The van der Waals surface area contributed by atoms with E-state index in [2.05, 4.69) is 10.6 Å². The first-order valence-corrected chi connectivity index (χ1v) is 11.1. The number of thioether (sulfide) groups is 2. The lowest BCUT2D eigenvalue weighted by Crippen LogP contribution is -2.17. The third-order valence-electron chi connectivity index (χ3n) is 4.40. The Morgan fingerprint density at radius 2 is 1.10 bits per heavy atom. The molecular weight excluding hydrogens is 457 g/mol. The van der Waals surface area contributed by atoms with Crippen molar-refractivity contribution in [3.8, 4) is 0 Å². The number of hydrogen-bond acceptors (Lipinski definition) is 8. The number of nitrogens with one attached hydrogen (secondary N) is 2. The van der Waals surface area contributed by atoms with Crippen molar-refractivity contribution in [1.29, 1.82) is 0 Å². The molecule has 0 aliphatic carbocycles. The highest BCUT2D eigenvalue weighted by molar-refractivity contribution is 8.27. The van der Waals surface area contributed by atoms with Crippen LogP contribution in [0.4, 0.5) is 0 Å². The first-order valence-electron chi connectivity index (χ1n) is 8.66. The molecule has 5 rings (SSSR count). The van der Waals surface area contributed by atoms with Gasteiger partial charge in [-0.25, -0.2) is 9.97 Å². The molecule has 2 aliphatic heterocycles. The van der Waals surface area contributed by atoms with E-state index in [4.69, 9.17) is 34.4 Å². The van der Waals surface area contributed by atoms with Crippen LogP contribution in [0.25, 0.3) is 34.0 Å². The van der Waals surface area contributed by atoms with Gasteiger partial charge in [-0.1, -0.05) is 72.2 Å². The lowest BCUT2D eigenvalue weighted by atomic mass is 10.1. The van der Waals surface area contributed by atoms with Crippen LogP contribution < -0.4 is 10.6 Å². The summed E-state index contributed by atoms with van der Waals surface area (Å²) >= 11 is 12.5. The number of carbonyl (C=O) groups is 2. The lowest BCUT2D eigenvalue weighted by Gasteiger charge is -2.05. The van der Waals surface area contributed by atoms with E-state index >= 15 is 0 Å². The summed E-state index contributed by atoms with van der Waals surface area (Å²) < 4.78 is 0.871. The Morgan fingerprint density at radius 3 is 1.47 bits per heavy atom. The Morgan fingerprint density at radius 1 is 0.700 bits per heavy atom. The second-order valence-corrected chi connectivity index (χ2v) is 9.82. The second kappa shape index (κ2) is 7.55. The Labute approximate surface area is 189 Å². The largest absolute Gasteiger partial charge is 0.307 e. The average Bonchev–Trinajstić information content (AvgIpc) is 3.20. The Kier molecular flexibility index (Phi) is 4.86. The molecule has 2 N–H and O–H groups in total. The zero-order chi connectivity index (χ0) is 20.8. The molecule has 2 fully saturated rings. The van der Waals surface area contributed by atoms with Gasteiger partial charge in [0.05, 0.1) is 32.2 Å². The van der Waals surface area contributed by atoms with Crippen LogP contribution in [0.3, 0.4) is 0 Å². The van der Waals surface area contributed by atoms with Gasteiger partial charge in [-0.3, -0.25) is 9.59 Å². The van der Waals surface area contributed by atoms with Crippen LogP contribution in [0.5, 0.6) is 0 Å². The van der Waals surface area contributed by atoms with Crippen molar-refractivity contribution < 1.29 is 9.59 Å². The van der Waals surface area contributed by atoms with Crippen molar-refractivity contribution >= 4 is 102 Å². The van der Waals surface area contributed by atoms with E-state index in [-0.39, 0.29) is 11.8 Å². The highest BCUT2D eigenvalue weighted by Crippen LogP contribution is 2.29. The molecule has 2 aromatic heterocycles. The number of fused-ring (bicyclic) bond motifs is 3. The number of pyridine rings is 2. The molecule has 1 aromatic carbocycles. The number of amides is 2. The smallest absolute Gasteiger partial charge is 0.263 e. The maximum Gasteiger partial charge on any atom is 0.263 e. The number of carbonyl (C=O) groups excluding carboxylic acids is 2. The molecule has 6 nitrogen and oxygen atoms in total. The molecule has 3 aromatic rings. The lowest BCUT2D eigenvalue weighted by molar-refractivity contribution is -0.116. The molecule has 0 saturated carbocycles. The molecule has 0 atom stereocenters. The fourth-order valence-corrected chi connectivity index (χ4v) is 5.13. The van der Waals surface area contributed by atoms with Gasteiger partial charge in [0.1, 0.15) is 8.64 Å². The summed E-state index contributed by atoms with van der Waals surface area (Å²) in [6, 6.07) is 11.5. The summed E-state index contributed by atoms with van der Waals surface area (Å²) in [6.45, 7) is 0. The van der Waals surface area contributed by atoms with E-state index in [1.54, 1.807) is 12.2 Å². The minimum Gasteiger partial charge on any atom is -0.307 e. The Hall–Kier alpha value is -2.66. The third-order valence-corrected chi connectivity index (χ3v) is 6.73. The van der Waals surface area contributed by atoms with Crippen LogP contribution in [0.2, 0.25) is 0 Å². The monoisotopic (exact) mass is 466 g/mol. The first-order chi connectivity index (χ1) is 14.5. The molecule has 146 valence electrons. The molecule has 0 spiro atoms. The van der Waals surface area contributed by atoms with Gasteiger partial charge in [0.2, 0.25) is 0 Å². The van der Waals surface area contributed by atoms with Crippen LogP contribution in [0.1, 0.15) is 11.4 Å². The molecule has 2 aliphatic rings. The van der Waals surface area contributed by atoms with Crippen molar-refractivity contribution in [2.24, 2.45) is 0 Å². The molecule has 0 bridgehead atoms. The van der Waals surface area contributed by atoms with Gasteiger partial charge in [0.15, 0.2) is 0 Å². The number of thiocarbonyl (C=S) groups is 2. The second-order valence-electron chi connectivity index (χ2n) is 6.39. The minimum atomic E-state index is -0.220. The Balaban J connectivity index is 1.62. The van der Waals surface area contributed by atoms with E-state index in [0.29, 0.717) is 40.9 Å². The number of benzene rings is 1. The zero-order valence-electron chi connectivity index (χ0n) is 15.0. The van der Waals surface area contributed by atoms with Crippen molar-refractivity contribution in [2.45, 2.75) is 0 Å². The minimum absolute atomic E-state index is 0.220. The summed E-state index contributed by atoms with van der Waals surface area (Å²) in [7, 11) is 0. The van der Waals surface area contributed by atoms with Gasteiger partial charge in [-0.15, -0.1) is 0 Å². The Bertz CT molecular complexity index is 1280. The van der Waals surface area contributed by atoms with Crippen LogP contribution in [0.15, 0.2) is 46.2 Å². The van der Waals surface area contributed by atoms with E-state index in [1.807, 2.05) is 36.4 Å². The van der Waals surface area contributed by atoms with E-state index in [0.717, 1.165) is 10.8 Å².